The summed E-state index contributed by atoms with van der Waals surface area (Å²) in [5.41, 5.74) is 4.78. The predicted octanol–water partition coefficient (Wildman–Crippen LogP) is 7.47. The van der Waals surface area contributed by atoms with Crippen molar-refractivity contribution < 1.29 is 15.0 Å². The SMILES string of the molecule is CC1=CCCC2(C)C(CCC2(O)CN2CCC(n3c(=O)[nH]c4ccccc43)CC2)c2ccc(cc2C(=O)C2CCCCC2)CC(O)CC1. The van der Waals surface area contributed by atoms with E-state index in [2.05, 4.69) is 48.0 Å². The number of likely N-dealkylation sites (tertiary alicyclic amines) is 1. The van der Waals surface area contributed by atoms with E-state index >= 15 is 0 Å². The Morgan fingerprint density at radius 2 is 1.75 bits per heavy atom. The summed E-state index contributed by atoms with van der Waals surface area (Å²) in [5.74, 6) is 0.416. The zero-order valence-electron chi connectivity index (χ0n) is 29.1. The molecule has 1 saturated heterocycles. The average molecular weight is 654 g/mol. The van der Waals surface area contributed by atoms with Crippen LogP contribution in [0.15, 0.2) is 58.9 Å². The molecule has 4 aliphatic carbocycles. The van der Waals surface area contributed by atoms with Crippen LogP contribution < -0.4 is 5.69 Å². The number of carbonyl (C=O) groups excluding carboxylic acids is 1. The molecular weight excluding hydrogens is 598 g/mol. The highest BCUT2D eigenvalue weighted by atomic mass is 16.3. The molecule has 3 aromatic rings. The number of nitrogens with one attached hydrogen (secondary N) is 1. The molecular formula is C41H55N3O4. The molecule has 3 fully saturated rings. The first-order valence-corrected chi connectivity index (χ1v) is 18.8. The van der Waals surface area contributed by atoms with E-state index in [0.29, 0.717) is 25.8 Å². The lowest BCUT2D eigenvalue weighted by atomic mass is 9.64. The third kappa shape index (κ3) is 6.38. The molecule has 1 aliphatic heterocycles. The van der Waals surface area contributed by atoms with Crippen molar-refractivity contribution in [2.75, 3.05) is 19.6 Å². The quantitative estimate of drug-likeness (QED) is 0.196. The van der Waals surface area contributed by atoms with Gasteiger partial charge in [-0.1, -0.05) is 62.1 Å². The van der Waals surface area contributed by atoms with Gasteiger partial charge in [0.15, 0.2) is 5.78 Å². The Labute approximate surface area is 285 Å². The molecule has 2 saturated carbocycles. The number of para-hydroxylation sites is 2. The van der Waals surface area contributed by atoms with Crippen molar-refractivity contribution in [2.24, 2.45) is 11.3 Å². The predicted molar refractivity (Wildman–Crippen MR) is 192 cm³/mol. The number of piperidine rings is 1. The van der Waals surface area contributed by atoms with Gasteiger partial charge < -0.3 is 20.1 Å². The molecule has 3 N–H and O–H groups in total. The number of fused-ring (bicyclic) bond motifs is 9. The summed E-state index contributed by atoms with van der Waals surface area (Å²) < 4.78 is 1.94. The van der Waals surface area contributed by atoms with Gasteiger partial charge in [0.05, 0.1) is 22.7 Å². The second-order valence-electron chi connectivity index (χ2n) is 16.0. The van der Waals surface area contributed by atoms with Gasteiger partial charge in [-0.15, -0.1) is 0 Å². The summed E-state index contributed by atoms with van der Waals surface area (Å²) in [7, 11) is 0. The molecule has 0 radical (unpaired) electrons. The van der Waals surface area contributed by atoms with Crippen molar-refractivity contribution in [3.63, 3.8) is 0 Å². The molecule has 258 valence electrons. The van der Waals surface area contributed by atoms with Crippen LogP contribution in [0.3, 0.4) is 0 Å². The summed E-state index contributed by atoms with van der Waals surface area (Å²) in [6.45, 7) is 6.73. The van der Waals surface area contributed by atoms with E-state index in [-0.39, 0.29) is 29.4 Å². The van der Waals surface area contributed by atoms with E-state index in [9.17, 15) is 19.8 Å². The number of H-pyrrole nitrogens is 1. The number of nitrogens with zero attached hydrogens (tertiary/aromatic N) is 2. The molecule has 2 aromatic carbocycles. The fraction of sp³-hybridized carbons (Fsp3) is 0.610. The number of imidazole rings is 1. The number of benzene rings is 2. The molecule has 0 spiro atoms. The highest BCUT2D eigenvalue weighted by Crippen LogP contribution is 2.59. The minimum absolute atomic E-state index is 0.0402. The Hall–Kier alpha value is -3.00. The lowest BCUT2D eigenvalue weighted by Crippen LogP contribution is -2.54. The van der Waals surface area contributed by atoms with Gasteiger partial charge in [0.1, 0.15) is 0 Å². The Balaban J connectivity index is 1.18. The molecule has 48 heavy (non-hydrogen) atoms. The molecule has 8 rings (SSSR count). The summed E-state index contributed by atoms with van der Waals surface area (Å²) in [4.78, 5) is 32.7. The Bertz CT molecular complexity index is 1710. The van der Waals surface area contributed by atoms with Gasteiger partial charge in [-0.25, -0.2) is 4.79 Å². The lowest BCUT2D eigenvalue weighted by molar-refractivity contribution is -0.0870. The van der Waals surface area contributed by atoms with Crippen LogP contribution in [-0.4, -0.2) is 61.8 Å². The number of carbonyl (C=O) groups is 1. The maximum Gasteiger partial charge on any atom is 0.326 e. The number of aliphatic hydroxyl groups is 2. The van der Waals surface area contributed by atoms with Crippen LogP contribution in [0.1, 0.15) is 131 Å². The topological polar surface area (TPSA) is 98.6 Å². The fourth-order valence-electron chi connectivity index (χ4n) is 9.94. The van der Waals surface area contributed by atoms with Crippen LogP contribution in [0.25, 0.3) is 11.0 Å². The van der Waals surface area contributed by atoms with Crippen molar-refractivity contribution in [1.82, 2.24) is 14.5 Å². The number of aliphatic hydroxyl groups excluding tert-OH is 1. The van der Waals surface area contributed by atoms with Crippen LogP contribution in [0.2, 0.25) is 0 Å². The van der Waals surface area contributed by atoms with E-state index in [0.717, 1.165) is 105 Å². The third-order valence-corrected chi connectivity index (χ3v) is 12.9. The van der Waals surface area contributed by atoms with Gasteiger partial charge in [-0.05, 0) is 113 Å². The molecule has 7 nitrogen and oxygen atoms in total. The zero-order chi connectivity index (χ0) is 33.5. The smallest absolute Gasteiger partial charge is 0.326 e. The number of Topliss-reactive ketones (excluding diaryl/α,β-unsaturated/α-hetero) is 1. The van der Waals surface area contributed by atoms with E-state index < -0.39 is 17.1 Å². The average Bonchev–Trinajstić information content (AvgIpc) is 3.55. The summed E-state index contributed by atoms with van der Waals surface area (Å²) in [6.07, 6.45) is 14.4. The normalized spacial score (nSPS) is 29.9. The maximum absolute atomic E-state index is 14.3. The minimum Gasteiger partial charge on any atom is -0.393 e. The Morgan fingerprint density at radius 3 is 2.54 bits per heavy atom. The van der Waals surface area contributed by atoms with Crippen LogP contribution in [-0.2, 0) is 6.42 Å². The number of β-amino-alcohol motifs (C(OH)–C–C–N with tert-alkyl or cyclic N) is 1. The largest absolute Gasteiger partial charge is 0.393 e. The van der Waals surface area contributed by atoms with E-state index in [1.165, 1.54) is 12.0 Å². The molecule has 2 heterocycles. The van der Waals surface area contributed by atoms with E-state index in [1.807, 2.05) is 28.8 Å². The van der Waals surface area contributed by atoms with Crippen LogP contribution in [0, 0.1) is 11.3 Å². The fourth-order valence-corrected chi connectivity index (χ4v) is 9.94. The van der Waals surface area contributed by atoms with Gasteiger partial charge in [0.2, 0.25) is 0 Å². The molecule has 5 aliphatic rings. The highest BCUT2D eigenvalue weighted by molar-refractivity contribution is 5.99. The van der Waals surface area contributed by atoms with Crippen molar-refractivity contribution >= 4 is 16.8 Å². The maximum atomic E-state index is 14.3. The summed E-state index contributed by atoms with van der Waals surface area (Å²) >= 11 is 0. The van der Waals surface area contributed by atoms with Crippen LogP contribution in [0.5, 0.6) is 0 Å². The van der Waals surface area contributed by atoms with Gasteiger partial charge >= 0.3 is 5.69 Å². The number of rotatable bonds is 5. The number of allylic oxidation sites excluding steroid dienone is 2. The van der Waals surface area contributed by atoms with E-state index in [4.69, 9.17) is 0 Å². The van der Waals surface area contributed by atoms with Gasteiger partial charge in [0.25, 0.3) is 0 Å². The number of hydrogen-bond acceptors (Lipinski definition) is 5. The molecule has 1 aromatic heterocycles. The first kappa shape index (κ1) is 33.5. The highest BCUT2D eigenvalue weighted by Gasteiger charge is 2.57. The second kappa shape index (κ2) is 13.7. The van der Waals surface area contributed by atoms with Crippen molar-refractivity contribution in [3.05, 3.63) is 81.3 Å². The first-order chi connectivity index (χ1) is 23.1. The van der Waals surface area contributed by atoms with Crippen molar-refractivity contribution in [3.8, 4) is 0 Å². The molecule has 4 atom stereocenters. The van der Waals surface area contributed by atoms with Crippen molar-refractivity contribution in [1.29, 1.82) is 0 Å². The van der Waals surface area contributed by atoms with Crippen molar-refractivity contribution in [2.45, 2.75) is 127 Å². The first-order valence-electron chi connectivity index (χ1n) is 18.8. The lowest BCUT2D eigenvalue weighted by Gasteiger charge is -2.47. The van der Waals surface area contributed by atoms with Crippen LogP contribution >= 0.6 is 0 Å². The van der Waals surface area contributed by atoms with Gasteiger partial charge in [-0.3, -0.25) is 9.36 Å². The van der Waals surface area contributed by atoms with Gasteiger partial charge in [0, 0.05) is 42.6 Å². The van der Waals surface area contributed by atoms with Gasteiger partial charge in [-0.2, -0.15) is 0 Å². The third-order valence-electron chi connectivity index (χ3n) is 12.9. The summed E-state index contributed by atoms with van der Waals surface area (Å²) in [5, 5.41) is 23.8. The van der Waals surface area contributed by atoms with Crippen LogP contribution in [0.4, 0.5) is 0 Å². The number of hydrogen-bond donors (Lipinski definition) is 3. The monoisotopic (exact) mass is 653 g/mol. The molecule has 7 heteroatoms. The Morgan fingerprint density at radius 1 is 0.979 bits per heavy atom. The number of aromatic amines is 1. The molecule has 0 amide bonds. The minimum atomic E-state index is -0.902. The van der Waals surface area contributed by atoms with E-state index in [1.54, 1.807) is 0 Å². The summed E-state index contributed by atoms with van der Waals surface area (Å²) in [6, 6.07) is 14.5. The molecule has 4 unspecified atom stereocenters. The standard InChI is InChI=1S/C41H55N3O4/c1-28-9-8-21-40(2)35(33-17-15-29(25-32(45)16-14-28)26-34(33)38(46)30-10-4-3-5-11-30)18-22-41(40,48)27-43-23-19-31(20-24-43)44-37-13-7-6-12-36(37)42-39(44)47/h6-7,9,12-13,15,17,26,30-32,35,45,48H,3-5,8,10-11,14,16,18-25,27H2,1-2H3,(H,42,47). The second-order valence-corrected chi connectivity index (χ2v) is 16.0. The Kier molecular flexibility index (Phi) is 9.58. The zero-order valence-corrected chi connectivity index (χ0v) is 29.1. The number of aromatic nitrogens is 2. The number of ketones is 1. The molecule has 2 bridgehead atoms.